The number of thioether (sulfide) groups is 1. The highest BCUT2D eigenvalue weighted by molar-refractivity contribution is 7.99. The first-order chi connectivity index (χ1) is 11.6. The van der Waals surface area contributed by atoms with Gasteiger partial charge < -0.3 is 10.1 Å². The van der Waals surface area contributed by atoms with Crippen LogP contribution in [0.4, 0.5) is 0 Å². The van der Waals surface area contributed by atoms with E-state index in [2.05, 4.69) is 5.32 Å². The van der Waals surface area contributed by atoms with Crippen LogP contribution < -0.4 is 10.1 Å². The molecule has 2 aromatic rings. The summed E-state index contributed by atoms with van der Waals surface area (Å²) in [6, 6.07) is 13.2. The van der Waals surface area contributed by atoms with Crippen LogP contribution in [0, 0.1) is 6.92 Å². The lowest BCUT2D eigenvalue weighted by Gasteiger charge is -2.09. The number of nitrogens with one attached hydrogen (secondary N) is 1. The number of benzene rings is 2. The molecule has 0 saturated heterocycles. The molecular formula is C18H19Cl2NO2S. The van der Waals surface area contributed by atoms with Crippen LogP contribution in [0.5, 0.6) is 5.75 Å². The molecule has 0 bridgehead atoms. The Labute approximate surface area is 156 Å². The van der Waals surface area contributed by atoms with E-state index < -0.39 is 0 Å². The molecule has 0 atom stereocenters. The standard InChI is InChI=1S/C18H19Cl2NO2S/c1-13-6-7-15(10-17(13)20)23-9-8-21-18(22)12-24-11-14-4-2-3-5-16(14)19/h2-7,10H,8-9,11-12H2,1H3,(H,21,22). The van der Waals surface area contributed by atoms with Crippen molar-refractivity contribution < 1.29 is 9.53 Å². The summed E-state index contributed by atoms with van der Waals surface area (Å²) in [7, 11) is 0. The Balaban J connectivity index is 1.61. The maximum Gasteiger partial charge on any atom is 0.230 e. The van der Waals surface area contributed by atoms with E-state index in [-0.39, 0.29) is 5.91 Å². The molecule has 2 aromatic carbocycles. The van der Waals surface area contributed by atoms with Crippen molar-refractivity contribution >= 4 is 40.9 Å². The minimum atomic E-state index is -0.0161. The van der Waals surface area contributed by atoms with Crippen molar-refractivity contribution in [2.75, 3.05) is 18.9 Å². The second-order valence-corrected chi connectivity index (χ2v) is 6.99. The van der Waals surface area contributed by atoms with Crippen LogP contribution in [0.2, 0.25) is 10.0 Å². The SMILES string of the molecule is Cc1ccc(OCCNC(=O)CSCc2ccccc2Cl)cc1Cl. The Bertz CT molecular complexity index is 694. The quantitative estimate of drug-likeness (QED) is 0.669. The van der Waals surface area contributed by atoms with Crippen molar-refractivity contribution in [3.63, 3.8) is 0 Å². The molecule has 0 radical (unpaired) electrons. The van der Waals surface area contributed by atoms with Gasteiger partial charge in [-0.15, -0.1) is 11.8 Å². The minimum absolute atomic E-state index is 0.0161. The molecule has 6 heteroatoms. The second-order valence-electron chi connectivity index (χ2n) is 5.19. The normalized spacial score (nSPS) is 10.5. The van der Waals surface area contributed by atoms with Gasteiger partial charge in [-0.05, 0) is 36.2 Å². The summed E-state index contributed by atoms with van der Waals surface area (Å²) in [6.45, 7) is 2.80. The Morgan fingerprint density at radius 2 is 1.96 bits per heavy atom. The summed E-state index contributed by atoms with van der Waals surface area (Å²) in [4.78, 5) is 11.8. The fourth-order valence-electron chi connectivity index (χ4n) is 1.94. The van der Waals surface area contributed by atoms with Crippen LogP contribution in [-0.4, -0.2) is 24.8 Å². The van der Waals surface area contributed by atoms with Gasteiger partial charge in [0, 0.05) is 15.8 Å². The molecule has 1 N–H and O–H groups in total. The third-order valence-corrected chi connectivity index (χ3v) is 5.04. The molecule has 24 heavy (non-hydrogen) atoms. The van der Waals surface area contributed by atoms with Crippen molar-refractivity contribution in [1.82, 2.24) is 5.32 Å². The van der Waals surface area contributed by atoms with Gasteiger partial charge in [-0.2, -0.15) is 0 Å². The van der Waals surface area contributed by atoms with Crippen molar-refractivity contribution in [2.45, 2.75) is 12.7 Å². The third kappa shape index (κ3) is 6.27. The summed E-state index contributed by atoms with van der Waals surface area (Å²) in [5.41, 5.74) is 2.05. The van der Waals surface area contributed by atoms with Crippen molar-refractivity contribution in [3.8, 4) is 5.75 Å². The summed E-state index contributed by atoms with van der Waals surface area (Å²) in [6.07, 6.45) is 0. The van der Waals surface area contributed by atoms with Crippen molar-refractivity contribution in [3.05, 3.63) is 63.6 Å². The first-order valence-corrected chi connectivity index (χ1v) is 9.44. The number of halogens is 2. The highest BCUT2D eigenvalue weighted by Crippen LogP contribution is 2.22. The van der Waals surface area contributed by atoms with Gasteiger partial charge in [0.15, 0.2) is 0 Å². The van der Waals surface area contributed by atoms with Gasteiger partial charge in [0.05, 0.1) is 12.3 Å². The predicted molar refractivity (Wildman–Crippen MR) is 102 cm³/mol. The van der Waals surface area contributed by atoms with E-state index in [1.54, 1.807) is 6.07 Å². The molecule has 128 valence electrons. The second kappa shape index (κ2) is 9.82. The van der Waals surface area contributed by atoms with E-state index in [1.807, 2.05) is 43.3 Å². The van der Waals surface area contributed by atoms with E-state index in [9.17, 15) is 4.79 Å². The summed E-state index contributed by atoms with van der Waals surface area (Å²) in [5.74, 6) is 1.79. The molecule has 0 aromatic heterocycles. The summed E-state index contributed by atoms with van der Waals surface area (Å²) < 4.78 is 5.56. The number of ether oxygens (including phenoxy) is 1. The van der Waals surface area contributed by atoms with Gasteiger partial charge >= 0.3 is 0 Å². The molecule has 0 unspecified atom stereocenters. The largest absolute Gasteiger partial charge is 0.492 e. The lowest BCUT2D eigenvalue weighted by atomic mass is 10.2. The number of carbonyl (C=O) groups excluding carboxylic acids is 1. The van der Waals surface area contributed by atoms with E-state index in [4.69, 9.17) is 27.9 Å². The van der Waals surface area contributed by atoms with E-state index in [0.29, 0.717) is 35.4 Å². The molecule has 0 saturated carbocycles. The fourth-order valence-corrected chi connectivity index (χ4v) is 3.26. The smallest absolute Gasteiger partial charge is 0.230 e. The molecule has 0 heterocycles. The molecule has 0 aliphatic carbocycles. The highest BCUT2D eigenvalue weighted by Gasteiger charge is 2.04. The molecule has 2 rings (SSSR count). The van der Waals surface area contributed by atoms with Crippen molar-refractivity contribution in [2.24, 2.45) is 0 Å². The van der Waals surface area contributed by atoms with E-state index in [1.165, 1.54) is 11.8 Å². The monoisotopic (exact) mass is 383 g/mol. The number of hydrogen-bond acceptors (Lipinski definition) is 3. The number of rotatable bonds is 8. The zero-order valence-corrected chi connectivity index (χ0v) is 15.7. The Kier molecular flexibility index (Phi) is 7.76. The zero-order valence-electron chi connectivity index (χ0n) is 13.4. The van der Waals surface area contributed by atoms with Crippen LogP contribution in [0.15, 0.2) is 42.5 Å². The Morgan fingerprint density at radius 3 is 2.71 bits per heavy atom. The molecular weight excluding hydrogens is 365 g/mol. The molecule has 1 amide bonds. The summed E-state index contributed by atoms with van der Waals surface area (Å²) >= 11 is 13.6. The maximum absolute atomic E-state index is 11.8. The van der Waals surface area contributed by atoms with E-state index >= 15 is 0 Å². The Hall–Kier alpha value is -1.36. The average molecular weight is 384 g/mol. The van der Waals surface area contributed by atoms with Gasteiger partial charge in [0.1, 0.15) is 12.4 Å². The van der Waals surface area contributed by atoms with Crippen LogP contribution in [-0.2, 0) is 10.5 Å². The molecule has 0 aliphatic rings. The number of aryl methyl sites for hydroxylation is 1. The lowest BCUT2D eigenvalue weighted by molar-refractivity contribution is -0.118. The topological polar surface area (TPSA) is 38.3 Å². The Morgan fingerprint density at radius 1 is 1.17 bits per heavy atom. The number of hydrogen-bond donors (Lipinski definition) is 1. The highest BCUT2D eigenvalue weighted by atomic mass is 35.5. The number of carbonyl (C=O) groups is 1. The van der Waals surface area contributed by atoms with Gasteiger partial charge in [0.25, 0.3) is 0 Å². The molecule has 0 aliphatic heterocycles. The van der Waals surface area contributed by atoms with Gasteiger partial charge in [-0.25, -0.2) is 0 Å². The van der Waals surface area contributed by atoms with Crippen molar-refractivity contribution in [1.29, 1.82) is 0 Å². The average Bonchev–Trinajstić information content (AvgIpc) is 2.56. The minimum Gasteiger partial charge on any atom is -0.492 e. The maximum atomic E-state index is 11.8. The fraction of sp³-hybridized carbons (Fsp3) is 0.278. The van der Waals surface area contributed by atoms with Crippen LogP contribution in [0.1, 0.15) is 11.1 Å². The molecule has 3 nitrogen and oxygen atoms in total. The number of amides is 1. The third-order valence-electron chi connectivity index (χ3n) is 3.28. The lowest BCUT2D eigenvalue weighted by Crippen LogP contribution is -2.29. The zero-order chi connectivity index (χ0) is 17.4. The van der Waals surface area contributed by atoms with Gasteiger partial charge in [0.2, 0.25) is 5.91 Å². The van der Waals surface area contributed by atoms with E-state index in [0.717, 1.165) is 16.1 Å². The van der Waals surface area contributed by atoms with Crippen LogP contribution >= 0.6 is 35.0 Å². The molecule has 0 spiro atoms. The van der Waals surface area contributed by atoms with Gasteiger partial charge in [-0.1, -0.05) is 47.5 Å². The first kappa shape index (κ1) is 19.0. The molecule has 0 fully saturated rings. The van der Waals surface area contributed by atoms with Gasteiger partial charge in [-0.3, -0.25) is 4.79 Å². The summed E-state index contributed by atoms with van der Waals surface area (Å²) in [5, 5.41) is 4.23. The predicted octanol–water partition coefficient (Wildman–Crippen LogP) is 4.73. The first-order valence-electron chi connectivity index (χ1n) is 7.53. The van der Waals surface area contributed by atoms with Crippen LogP contribution in [0.3, 0.4) is 0 Å². The van der Waals surface area contributed by atoms with Crippen LogP contribution in [0.25, 0.3) is 0 Å².